The Balaban J connectivity index is 2.37. The van der Waals surface area contributed by atoms with Crippen molar-refractivity contribution in [2.45, 2.75) is 25.9 Å². The smallest absolute Gasteiger partial charge is 0.132 e. The molecule has 3 heteroatoms. The summed E-state index contributed by atoms with van der Waals surface area (Å²) in [7, 11) is 0. The third-order valence-corrected chi connectivity index (χ3v) is 3.04. The predicted octanol–water partition coefficient (Wildman–Crippen LogP) is 3.52. The summed E-state index contributed by atoms with van der Waals surface area (Å²) in [6.07, 6.45) is 0. The van der Waals surface area contributed by atoms with Crippen molar-refractivity contribution in [3.05, 3.63) is 59.7 Å². The summed E-state index contributed by atoms with van der Waals surface area (Å²) >= 11 is 0. The predicted molar refractivity (Wildman–Crippen MR) is 78.2 cm³/mol. The van der Waals surface area contributed by atoms with Crippen molar-refractivity contribution in [3.8, 4) is 11.5 Å². The summed E-state index contributed by atoms with van der Waals surface area (Å²) in [6, 6.07) is 15.5. The normalized spacial score (nSPS) is 13.9. The standard InChI is InChI=1S/C16H20N2O/c1-11(17)13-7-3-5-9-15(13)19-16-10-6-4-8-14(16)12(2)18/h3-12H,17-18H2,1-2H3. The molecule has 19 heavy (non-hydrogen) atoms. The minimum atomic E-state index is -0.0707. The number of hydrogen-bond acceptors (Lipinski definition) is 3. The number of nitrogens with two attached hydrogens (primary N) is 2. The van der Waals surface area contributed by atoms with E-state index in [0.29, 0.717) is 0 Å². The fourth-order valence-electron chi connectivity index (χ4n) is 2.02. The Labute approximate surface area is 114 Å². The summed E-state index contributed by atoms with van der Waals surface area (Å²) in [4.78, 5) is 0. The van der Waals surface area contributed by atoms with Gasteiger partial charge in [0.2, 0.25) is 0 Å². The second kappa shape index (κ2) is 5.87. The number of benzene rings is 2. The molecular weight excluding hydrogens is 236 g/mol. The van der Waals surface area contributed by atoms with Crippen LogP contribution in [-0.4, -0.2) is 0 Å². The van der Waals surface area contributed by atoms with E-state index in [-0.39, 0.29) is 12.1 Å². The van der Waals surface area contributed by atoms with Crippen molar-refractivity contribution in [1.82, 2.24) is 0 Å². The summed E-state index contributed by atoms with van der Waals surface area (Å²) < 4.78 is 6.00. The lowest BCUT2D eigenvalue weighted by molar-refractivity contribution is 0.462. The highest BCUT2D eigenvalue weighted by Gasteiger charge is 2.12. The molecule has 0 bridgehead atoms. The average molecular weight is 256 g/mol. The second-order valence-electron chi connectivity index (χ2n) is 4.76. The van der Waals surface area contributed by atoms with E-state index in [2.05, 4.69) is 0 Å². The first-order chi connectivity index (χ1) is 9.09. The van der Waals surface area contributed by atoms with Gasteiger partial charge in [-0.05, 0) is 26.0 Å². The SMILES string of the molecule is CC(N)c1ccccc1Oc1ccccc1C(C)N. The average Bonchev–Trinajstić information content (AvgIpc) is 2.39. The summed E-state index contributed by atoms with van der Waals surface area (Å²) in [5, 5.41) is 0. The maximum Gasteiger partial charge on any atom is 0.132 e. The van der Waals surface area contributed by atoms with E-state index in [1.807, 2.05) is 62.4 Å². The molecule has 0 aliphatic carbocycles. The molecule has 0 fully saturated rings. The Morgan fingerprint density at radius 1 is 0.737 bits per heavy atom. The van der Waals surface area contributed by atoms with Crippen molar-refractivity contribution in [2.75, 3.05) is 0 Å². The molecule has 4 N–H and O–H groups in total. The van der Waals surface area contributed by atoms with Gasteiger partial charge >= 0.3 is 0 Å². The van der Waals surface area contributed by atoms with Crippen molar-refractivity contribution in [1.29, 1.82) is 0 Å². The van der Waals surface area contributed by atoms with Crippen LogP contribution in [0.2, 0.25) is 0 Å². The first kappa shape index (κ1) is 13.6. The van der Waals surface area contributed by atoms with E-state index in [9.17, 15) is 0 Å². The molecule has 0 saturated carbocycles. The van der Waals surface area contributed by atoms with Gasteiger partial charge in [-0.1, -0.05) is 36.4 Å². The first-order valence-electron chi connectivity index (χ1n) is 6.46. The van der Waals surface area contributed by atoms with Gasteiger partial charge in [-0.2, -0.15) is 0 Å². The molecule has 0 aliphatic heterocycles. The fourth-order valence-corrected chi connectivity index (χ4v) is 2.02. The minimum absolute atomic E-state index is 0.0707. The molecule has 3 nitrogen and oxygen atoms in total. The van der Waals surface area contributed by atoms with Gasteiger partial charge in [0, 0.05) is 23.2 Å². The van der Waals surface area contributed by atoms with Crippen LogP contribution in [0.1, 0.15) is 37.1 Å². The maximum atomic E-state index is 6.00. The zero-order valence-electron chi connectivity index (χ0n) is 11.3. The highest BCUT2D eigenvalue weighted by atomic mass is 16.5. The molecule has 0 heterocycles. The number of rotatable bonds is 4. The number of hydrogen-bond donors (Lipinski definition) is 2. The quantitative estimate of drug-likeness (QED) is 0.879. The lowest BCUT2D eigenvalue weighted by Gasteiger charge is -2.17. The third kappa shape index (κ3) is 3.13. The molecule has 0 aromatic heterocycles. The zero-order valence-corrected chi connectivity index (χ0v) is 11.3. The van der Waals surface area contributed by atoms with Gasteiger partial charge in [0.25, 0.3) is 0 Å². The Bertz CT molecular complexity index is 500. The van der Waals surface area contributed by atoms with Crippen molar-refractivity contribution >= 4 is 0 Å². The third-order valence-electron chi connectivity index (χ3n) is 3.04. The topological polar surface area (TPSA) is 61.3 Å². The van der Waals surface area contributed by atoms with E-state index in [0.717, 1.165) is 22.6 Å². The van der Waals surface area contributed by atoms with Gasteiger partial charge < -0.3 is 16.2 Å². The molecule has 2 unspecified atom stereocenters. The number of para-hydroxylation sites is 2. The molecule has 0 spiro atoms. The largest absolute Gasteiger partial charge is 0.457 e. The van der Waals surface area contributed by atoms with Crippen LogP contribution in [0.5, 0.6) is 11.5 Å². The van der Waals surface area contributed by atoms with Crippen molar-refractivity contribution in [2.24, 2.45) is 11.5 Å². The van der Waals surface area contributed by atoms with E-state index < -0.39 is 0 Å². The Morgan fingerprint density at radius 3 is 1.47 bits per heavy atom. The molecule has 2 atom stereocenters. The summed E-state index contributed by atoms with van der Waals surface area (Å²) in [6.45, 7) is 3.89. The second-order valence-corrected chi connectivity index (χ2v) is 4.76. The Morgan fingerprint density at radius 2 is 1.11 bits per heavy atom. The van der Waals surface area contributed by atoms with E-state index in [4.69, 9.17) is 16.2 Å². The molecule has 2 aromatic carbocycles. The molecule has 0 aliphatic rings. The molecule has 0 amide bonds. The van der Waals surface area contributed by atoms with Crippen LogP contribution in [0.3, 0.4) is 0 Å². The highest BCUT2D eigenvalue weighted by molar-refractivity contribution is 5.43. The Kier molecular flexibility index (Phi) is 4.20. The van der Waals surface area contributed by atoms with Crippen molar-refractivity contribution in [3.63, 3.8) is 0 Å². The van der Waals surface area contributed by atoms with Gasteiger partial charge in [0.1, 0.15) is 11.5 Å². The van der Waals surface area contributed by atoms with Crippen LogP contribution in [0.25, 0.3) is 0 Å². The highest BCUT2D eigenvalue weighted by Crippen LogP contribution is 2.32. The zero-order chi connectivity index (χ0) is 13.8. The van der Waals surface area contributed by atoms with E-state index in [1.165, 1.54) is 0 Å². The summed E-state index contributed by atoms with van der Waals surface area (Å²) in [5.41, 5.74) is 13.9. The van der Waals surface area contributed by atoms with Gasteiger partial charge in [0.15, 0.2) is 0 Å². The van der Waals surface area contributed by atoms with Gasteiger partial charge in [0.05, 0.1) is 0 Å². The molecule has 2 aromatic rings. The molecule has 2 rings (SSSR count). The molecule has 100 valence electrons. The van der Waals surface area contributed by atoms with Crippen LogP contribution in [0.15, 0.2) is 48.5 Å². The molecule has 0 radical (unpaired) electrons. The monoisotopic (exact) mass is 256 g/mol. The first-order valence-corrected chi connectivity index (χ1v) is 6.46. The maximum absolute atomic E-state index is 6.00. The van der Waals surface area contributed by atoms with Crippen molar-refractivity contribution < 1.29 is 4.74 Å². The van der Waals surface area contributed by atoms with Gasteiger partial charge in [-0.15, -0.1) is 0 Å². The fraction of sp³-hybridized carbons (Fsp3) is 0.250. The van der Waals surface area contributed by atoms with Crippen LogP contribution in [0, 0.1) is 0 Å². The van der Waals surface area contributed by atoms with Crippen LogP contribution >= 0.6 is 0 Å². The molecular formula is C16H20N2O. The summed E-state index contributed by atoms with van der Waals surface area (Å²) in [5.74, 6) is 1.57. The lowest BCUT2D eigenvalue weighted by atomic mass is 10.1. The minimum Gasteiger partial charge on any atom is -0.457 e. The van der Waals surface area contributed by atoms with E-state index >= 15 is 0 Å². The van der Waals surface area contributed by atoms with Gasteiger partial charge in [-0.3, -0.25) is 0 Å². The van der Waals surface area contributed by atoms with E-state index in [1.54, 1.807) is 0 Å². The van der Waals surface area contributed by atoms with Crippen LogP contribution in [-0.2, 0) is 0 Å². The van der Waals surface area contributed by atoms with Crippen LogP contribution in [0.4, 0.5) is 0 Å². The van der Waals surface area contributed by atoms with Crippen LogP contribution < -0.4 is 16.2 Å². The number of ether oxygens (including phenoxy) is 1. The Hall–Kier alpha value is -1.84. The van der Waals surface area contributed by atoms with Gasteiger partial charge in [-0.25, -0.2) is 0 Å². The molecule has 0 saturated heterocycles. The lowest BCUT2D eigenvalue weighted by Crippen LogP contribution is -2.09.